The average molecular weight is 245 g/mol. The van der Waals surface area contributed by atoms with E-state index in [9.17, 15) is 0 Å². The van der Waals surface area contributed by atoms with Crippen molar-refractivity contribution < 1.29 is 4.74 Å². The smallest absolute Gasteiger partial charge is 0.118 e. The molecule has 2 nitrogen and oxygen atoms in total. The molecule has 1 aromatic rings. The minimum Gasteiger partial charge on any atom is -0.497 e. The monoisotopic (exact) mass is 245 g/mol. The maximum atomic E-state index is 6.34. The maximum Gasteiger partial charge on any atom is 0.118 e. The summed E-state index contributed by atoms with van der Waals surface area (Å²) in [5.74, 6) is 3.81. The third-order valence-corrected chi connectivity index (χ3v) is 4.81. The van der Waals surface area contributed by atoms with Gasteiger partial charge in [0, 0.05) is 6.04 Å². The molecule has 3 unspecified atom stereocenters. The molecule has 2 saturated carbocycles. The Morgan fingerprint density at radius 2 is 1.83 bits per heavy atom. The molecule has 18 heavy (non-hydrogen) atoms. The molecule has 0 heterocycles. The van der Waals surface area contributed by atoms with Crippen molar-refractivity contribution in [2.45, 2.75) is 38.1 Å². The fourth-order valence-corrected chi connectivity index (χ4v) is 3.47. The van der Waals surface area contributed by atoms with Crippen molar-refractivity contribution in [3.05, 3.63) is 29.8 Å². The molecule has 2 aliphatic rings. The van der Waals surface area contributed by atoms with E-state index in [2.05, 4.69) is 12.1 Å². The molecule has 2 aliphatic carbocycles. The van der Waals surface area contributed by atoms with Crippen molar-refractivity contribution in [1.82, 2.24) is 0 Å². The van der Waals surface area contributed by atoms with E-state index in [0.29, 0.717) is 6.04 Å². The molecule has 0 radical (unpaired) electrons. The van der Waals surface area contributed by atoms with Gasteiger partial charge in [-0.1, -0.05) is 12.1 Å². The Hall–Kier alpha value is -1.02. The van der Waals surface area contributed by atoms with E-state index in [1.54, 1.807) is 7.11 Å². The molecule has 2 heteroatoms. The number of hydrogen-bond acceptors (Lipinski definition) is 2. The van der Waals surface area contributed by atoms with E-state index in [-0.39, 0.29) is 0 Å². The summed E-state index contributed by atoms with van der Waals surface area (Å²) < 4.78 is 5.17. The van der Waals surface area contributed by atoms with Crippen LogP contribution < -0.4 is 10.5 Å². The Balaban J connectivity index is 1.47. The third-order valence-electron chi connectivity index (χ3n) is 4.81. The van der Waals surface area contributed by atoms with Gasteiger partial charge in [0.25, 0.3) is 0 Å². The van der Waals surface area contributed by atoms with E-state index >= 15 is 0 Å². The fourth-order valence-electron chi connectivity index (χ4n) is 3.47. The van der Waals surface area contributed by atoms with Crippen LogP contribution in [-0.2, 0) is 6.42 Å². The molecule has 3 rings (SSSR count). The van der Waals surface area contributed by atoms with Crippen LogP contribution in [0.25, 0.3) is 0 Å². The predicted octanol–water partition coefficient (Wildman–Crippen LogP) is 3.00. The summed E-state index contributed by atoms with van der Waals surface area (Å²) in [7, 11) is 1.70. The van der Waals surface area contributed by atoms with Gasteiger partial charge in [0.2, 0.25) is 0 Å². The number of methoxy groups -OCH3 is 1. The van der Waals surface area contributed by atoms with Gasteiger partial charge in [-0.15, -0.1) is 0 Å². The van der Waals surface area contributed by atoms with Crippen LogP contribution in [0.15, 0.2) is 24.3 Å². The zero-order valence-electron chi connectivity index (χ0n) is 11.1. The zero-order valence-corrected chi connectivity index (χ0v) is 11.1. The van der Waals surface area contributed by atoms with Crippen LogP contribution in [0.5, 0.6) is 5.75 Å². The van der Waals surface area contributed by atoms with Crippen LogP contribution in [0.1, 0.15) is 31.2 Å². The number of nitrogens with two attached hydrogens (primary N) is 1. The molecule has 0 spiro atoms. The van der Waals surface area contributed by atoms with Gasteiger partial charge >= 0.3 is 0 Å². The highest BCUT2D eigenvalue weighted by atomic mass is 16.5. The lowest BCUT2D eigenvalue weighted by atomic mass is 9.91. The Labute approximate surface area is 110 Å². The maximum absolute atomic E-state index is 6.34. The molecule has 3 atom stereocenters. The topological polar surface area (TPSA) is 35.2 Å². The second-order valence-corrected chi connectivity index (χ2v) is 6.04. The van der Waals surface area contributed by atoms with E-state index in [1.807, 2.05) is 12.1 Å². The van der Waals surface area contributed by atoms with E-state index < -0.39 is 0 Å². The number of hydrogen-bond donors (Lipinski definition) is 1. The number of aryl methyl sites for hydroxylation is 1. The first-order chi connectivity index (χ1) is 8.76. The Bertz CT molecular complexity index is 390. The van der Waals surface area contributed by atoms with Gasteiger partial charge in [-0.2, -0.15) is 0 Å². The minimum absolute atomic E-state index is 0.403. The quantitative estimate of drug-likeness (QED) is 0.865. The Morgan fingerprint density at radius 3 is 2.44 bits per heavy atom. The van der Waals surface area contributed by atoms with Gasteiger partial charge in [0.15, 0.2) is 0 Å². The van der Waals surface area contributed by atoms with Crippen molar-refractivity contribution in [3.63, 3.8) is 0 Å². The lowest BCUT2D eigenvalue weighted by Crippen LogP contribution is -2.29. The highest BCUT2D eigenvalue weighted by Crippen LogP contribution is 2.55. The molecule has 2 fully saturated rings. The molecule has 0 aromatic heterocycles. The summed E-state index contributed by atoms with van der Waals surface area (Å²) in [5.41, 5.74) is 7.71. The van der Waals surface area contributed by atoms with Crippen LogP contribution >= 0.6 is 0 Å². The minimum atomic E-state index is 0.403. The Morgan fingerprint density at radius 1 is 1.17 bits per heavy atom. The molecule has 2 N–H and O–H groups in total. The molecule has 0 saturated heterocycles. The molecule has 0 bridgehead atoms. The van der Waals surface area contributed by atoms with Crippen LogP contribution in [0, 0.1) is 17.8 Å². The Kier molecular flexibility index (Phi) is 3.29. The summed E-state index contributed by atoms with van der Waals surface area (Å²) in [5, 5.41) is 0. The molecular formula is C16H23NO. The number of benzene rings is 1. The van der Waals surface area contributed by atoms with Crippen LogP contribution in [-0.4, -0.2) is 13.2 Å². The molecule has 1 aromatic carbocycles. The van der Waals surface area contributed by atoms with Gasteiger partial charge in [0.1, 0.15) is 5.75 Å². The SMILES string of the molecule is COc1ccc(CCC(N)C2CC3CC3C2)cc1. The standard InChI is InChI=1S/C16H23NO/c1-18-15-5-2-11(3-6-15)4-7-16(17)14-9-12-8-13(12)10-14/h2-3,5-6,12-14,16H,4,7-10,17H2,1H3. The lowest BCUT2D eigenvalue weighted by Gasteiger charge is -2.20. The number of ether oxygens (including phenoxy) is 1. The van der Waals surface area contributed by atoms with Crippen molar-refractivity contribution in [2.24, 2.45) is 23.5 Å². The van der Waals surface area contributed by atoms with Gasteiger partial charge in [-0.3, -0.25) is 0 Å². The average Bonchev–Trinajstić information content (AvgIpc) is 3.03. The van der Waals surface area contributed by atoms with Crippen LogP contribution in [0.2, 0.25) is 0 Å². The second-order valence-electron chi connectivity index (χ2n) is 6.04. The van der Waals surface area contributed by atoms with Crippen LogP contribution in [0.3, 0.4) is 0 Å². The first-order valence-corrected chi connectivity index (χ1v) is 7.15. The molecule has 0 aliphatic heterocycles. The summed E-state index contributed by atoms with van der Waals surface area (Å²) >= 11 is 0. The van der Waals surface area contributed by atoms with Gasteiger partial charge in [-0.05, 0) is 67.6 Å². The van der Waals surface area contributed by atoms with E-state index in [4.69, 9.17) is 10.5 Å². The van der Waals surface area contributed by atoms with Gasteiger partial charge in [0.05, 0.1) is 7.11 Å². The first kappa shape index (κ1) is 12.0. The highest BCUT2D eigenvalue weighted by molar-refractivity contribution is 5.27. The van der Waals surface area contributed by atoms with Crippen molar-refractivity contribution >= 4 is 0 Å². The van der Waals surface area contributed by atoms with Gasteiger partial charge < -0.3 is 10.5 Å². The van der Waals surface area contributed by atoms with Crippen molar-refractivity contribution in [1.29, 1.82) is 0 Å². The van der Waals surface area contributed by atoms with E-state index in [0.717, 1.165) is 36.3 Å². The first-order valence-electron chi connectivity index (χ1n) is 7.15. The highest BCUT2D eigenvalue weighted by Gasteiger charge is 2.46. The number of fused-ring (bicyclic) bond motifs is 1. The normalized spacial score (nSPS) is 30.9. The van der Waals surface area contributed by atoms with E-state index in [1.165, 1.54) is 24.8 Å². The van der Waals surface area contributed by atoms with Gasteiger partial charge in [-0.25, -0.2) is 0 Å². The summed E-state index contributed by atoms with van der Waals surface area (Å²) in [6, 6.07) is 8.77. The second kappa shape index (κ2) is 4.93. The summed E-state index contributed by atoms with van der Waals surface area (Å²) in [6.45, 7) is 0. The predicted molar refractivity (Wildman–Crippen MR) is 73.6 cm³/mol. The summed E-state index contributed by atoms with van der Waals surface area (Å²) in [6.07, 6.45) is 6.50. The zero-order chi connectivity index (χ0) is 12.5. The summed E-state index contributed by atoms with van der Waals surface area (Å²) in [4.78, 5) is 0. The largest absolute Gasteiger partial charge is 0.497 e. The van der Waals surface area contributed by atoms with Crippen molar-refractivity contribution in [3.8, 4) is 5.75 Å². The van der Waals surface area contributed by atoms with Crippen LogP contribution in [0.4, 0.5) is 0 Å². The van der Waals surface area contributed by atoms with Crippen molar-refractivity contribution in [2.75, 3.05) is 7.11 Å². The number of rotatable bonds is 5. The lowest BCUT2D eigenvalue weighted by molar-refractivity contribution is 0.377. The molecule has 0 amide bonds. The fraction of sp³-hybridized carbons (Fsp3) is 0.625. The molecular weight excluding hydrogens is 222 g/mol. The third kappa shape index (κ3) is 2.54. The molecule has 98 valence electrons.